The van der Waals surface area contributed by atoms with Crippen LogP contribution in [0.3, 0.4) is 0 Å². The molecule has 3 aromatic carbocycles. The fourth-order valence-corrected chi connectivity index (χ4v) is 3.44. The summed E-state index contributed by atoms with van der Waals surface area (Å²) in [5.41, 5.74) is 3.92. The Balaban J connectivity index is 1.78. The first kappa shape index (κ1) is 22.1. The van der Waals surface area contributed by atoms with E-state index < -0.39 is 0 Å². The van der Waals surface area contributed by atoms with Crippen LogP contribution in [0.25, 0.3) is 0 Å². The number of nitrogens with one attached hydrogen (secondary N) is 1. The number of benzene rings is 3. The molecule has 1 unspecified atom stereocenters. The van der Waals surface area contributed by atoms with Gasteiger partial charge in [-0.1, -0.05) is 71.2 Å². The number of aryl methyl sites for hydroxylation is 1. The summed E-state index contributed by atoms with van der Waals surface area (Å²) in [5.74, 6) is 0.979. The molecule has 3 nitrogen and oxygen atoms in total. The average Bonchev–Trinajstić information content (AvgIpc) is 2.76. The van der Waals surface area contributed by atoms with Crippen molar-refractivity contribution in [3.8, 4) is 5.75 Å². The molecular weight excluding hydrogens is 438 g/mol. The van der Waals surface area contributed by atoms with E-state index in [0.717, 1.165) is 52.0 Å². The van der Waals surface area contributed by atoms with E-state index in [1.807, 2.05) is 79.7 Å². The zero-order valence-corrected chi connectivity index (χ0v) is 19.1. The quantitative estimate of drug-likeness (QED) is 0.251. The highest BCUT2D eigenvalue weighted by Crippen LogP contribution is 2.27. The molecule has 3 rings (SSSR count). The molecule has 0 saturated carbocycles. The SMILES string of the molecule is CCCCOc1ccc(C(CC(=O)c2ccc(C)cc2)Nc2ccc(Br)cc2)cc1. The van der Waals surface area contributed by atoms with Gasteiger partial charge in [0.15, 0.2) is 5.78 Å². The van der Waals surface area contributed by atoms with Gasteiger partial charge in [0.1, 0.15) is 5.75 Å². The van der Waals surface area contributed by atoms with Crippen LogP contribution in [0, 0.1) is 6.92 Å². The van der Waals surface area contributed by atoms with Gasteiger partial charge in [-0.2, -0.15) is 0 Å². The molecule has 1 atom stereocenters. The number of ketones is 1. The van der Waals surface area contributed by atoms with Crippen LogP contribution in [0.15, 0.2) is 77.3 Å². The summed E-state index contributed by atoms with van der Waals surface area (Å²) in [5, 5.41) is 3.52. The lowest BCUT2D eigenvalue weighted by Crippen LogP contribution is -2.16. The summed E-state index contributed by atoms with van der Waals surface area (Å²) < 4.78 is 6.80. The normalized spacial score (nSPS) is 11.7. The van der Waals surface area contributed by atoms with Gasteiger partial charge >= 0.3 is 0 Å². The molecule has 3 aromatic rings. The number of carbonyl (C=O) groups is 1. The van der Waals surface area contributed by atoms with Crippen LogP contribution in [0.2, 0.25) is 0 Å². The maximum atomic E-state index is 13.0. The van der Waals surface area contributed by atoms with Crippen molar-refractivity contribution in [1.82, 2.24) is 0 Å². The summed E-state index contributed by atoms with van der Waals surface area (Å²) in [4.78, 5) is 13.0. The van der Waals surface area contributed by atoms with Gasteiger partial charge in [0.25, 0.3) is 0 Å². The second-order valence-electron chi connectivity index (χ2n) is 7.47. The summed E-state index contributed by atoms with van der Waals surface area (Å²) in [6, 6.07) is 23.7. The van der Waals surface area contributed by atoms with Crippen LogP contribution in [-0.4, -0.2) is 12.4 Å². The van der Waals surface area contributed by atoms with Crippen molar-refractivity contribution in [2.24, 2.45) is 0 Å². The Kier molecular flexibility index (Phi) is 8.09. The van der Waals surface area contributed by atoms with Crippen LogP contribution in [0.4, 0.5) is 5.69 Å². The van der Waals surface area contributed by atoms with Crippen LogP contribution in [0.5, 0.6) is 5.75 Å². The lowest BCUT2D eigenvalue weighted by Gasteiger charge is -2.21. The highest BCUT2D eigenvalue weighted by atomic mass is 79.9. The van der Waals surface area contributed by atoms with Gasteiger partial charge in [-0.05, 0) is 55.3 Å². The third-order valence-corrected chi connectivity index (χ3v) is 5.53. The Morgan fingerprint density at radius 2 is 1.63 bits per heavy atom. The Hall–Kier alpha value is -2.59. The molecular formula is C26H28BrNO2. The molecule has 0 bridgehead atoms. The van der Waals surface area contributed by atoms with Crippen LogP contribution >= 0.6 is 15.9 Å². The standard InChI is InChI=1S/C26H28BrNO2/c1-3-4-17-30-24-15-9-20(10-16-24)25(28-23-13-11-22(27)12-14-23)18-26(29)21-7-5-19(2)6-8-21/h5-16,25,28H,3-4,17-18H2,1-2H3. The van der Waals surface area contributed by atoms with Gasteiger partial charge in [0, 0.05) is 22.1 Å². The second kappa shape index (κ2) is 11.0. The van der Waals surface area contributed by atoms with Gasteiger partial charge in [-0.25, -0.2) is 0 Å². The molecule has 0 aliphatic heterocycles. The number of hydrogen-bond donors (Lipinski definition) is 1. The summed E-state index contributed by atoms with van der Waals surface area (Å²) in [6.07, 6.45) is 2.52. The molecule has 0 amide bonds. The van der Waals surface area contributed by atoms with E-state index in [-0.39, 0.29) is 11.8 Å². The Morgan fingerprint density at radius 1 is 0.967 bits per heavy atom. The summed E-state index contributed by atoms with van der Waals surface area (Å²) in [7, 11) is 0. The fraction of sp³-hybridized carbons (Fsp3) is 0.269. The molecule has 4 heteroatoms. The van der Waals surface area contributed by atoms with E-state index in [9.17, 15) is 4.79 Å². The van der Waals surface area contributed by atoms with Crippen molar-refractivity contribution in [2.75, 3.05) is 11.9 Å². The van der Waals surface area contributed by atoms with E-state index >= 15 is 0 Å². The number of carbonyl (C=O) groups excluding carboxylic acids is 1. The third kappa shape index (κ3) is 6.46. The molecule has 1 N–H and O–H groups in total. The van der Waals surface area contributed by atoms with Crippen molar-refractivity contribution in [2.45, 2.75) is 39.2 Å². The minimum Gasteiger partial charge on any atom is -0.494 e. The minimum absolute atomic E-state index is 0.118. The van der Waals surface area contributed by atoms with Crippen LogP contribution in [0.1, 0.15) is 53.7 Å². The predicted molar refractivity (Wildman–Crippen MR) is 127 cm³/mol. The van der Waals surface area contributed by atoms with E-state index in [2.05, 4.69) is 28.2 Å². The van der Waals surface area contributed by atoms with Crippen molar-refractivity contribution < 1.29 is 9.53 Å². The monoisotopic (exact) mass is 465 g/mol. The average molecular weight is 466 g/mol. The molecule has 0 spiro atoms. The largest absolute Gasteiger partial charge is 0.494 e. The number of unbranched alkanes of at least 4 members (excludes halogenated alkanes) is 1. The topological polar surface area (TPSA) is 38.3 Å². The fourth-order valence-electron chi connectivity index (χ4n) is 3.17. The highest BCUT2D eigenvalue weighted by molar-refractivity contribution is 9.10. The number of Topliss-reactive ketones (excluding diaryl/α,β-unsaturated/α-hetero) is 1. The Morgan fingerprint density at radius 3 is 2.27 bits per heavy atom. The smallest absolute Gasteiger partial charge is 0.165 e. The molecule has 0 aliphatic rings. The number of anilines is 1. The molecule has 0 heterocycles. The van der Waals surface area contributed by atoms with E-state index in [1.165, 1.54) is 0 Å². The molecule has 0 saturated heterocycles. The number of ether oxygens (including phenoxy) is 1. The van der Waals surface area contributed by atoms with Gasteiger partial charge in [-0.15, -0.1) is 0 Å². The molecule has 0 aliphatic carbocycles. The minimum atomic E-state index is -0.135. The van der Waals surface area contributed by atoms with Crippen LogP contribution in [-0.2, 0) is 0 Å². The van der Waals surface area contributed by atoms with Crippen molar-refractivity contribution >= 4 is 27.4 Å². The second-order valence-corrected chi connectivity index (χ2v) is 8.38. The molecule has 0 fully saturated rings. The first-order chi connectivity index (χ1) is 14.5. The number of halogens is 1. The molecule has 30 heavy (non-hydrogen) atoms. The van der Waals surface area contributed by atoms with Gasteiger partial charge < -0.3 is 10.1 Å². The zero-order chi connectivity index (χ0) is 21.3. The zero-order valence-electron chi connectivity index (χ0n) is 17.5. The highest BCUT2D eigenvalue weighted by Gasteiger charge is 2.18. The predicted octanol–water partition coefficient (Wildman–Crippen LogP) is 7.36. The van der Waals surface area contributed by atoms with Gasteiger partial charge in [0.2, 0.25) is 0 Å². The lowest BCUT2D eigenvalue weighted by atomic mass is 9.97. The van der Waals surface area contributed by atoms with E-state index in [0.29, 0.717) is 6.42 Å². The Labute approximate surface area is 187 Å². The summed E-state index contributed by atoms with van der Waals surface area (Å²) >= 11 is 3.47. The van der Waals surface area contributed by atoms with E-state index in [4.69, 9.17) is 4.74 Å². The van der Waals surface area contributed by atoms with Crippen molar-refractivity contribution in [1.29, 1.82) is 0 Å². The Bertz CT molecular complexity index is 934. The lowest BCUT2D eigenvalue weighted by molar-refractivity contribution is 0.0976. The molecule has 0 radical (unpaired) electrons. The maximum absolute atomic E-state index is 13.0. The van der Waals surface area contributed by atoms with Gasteiger partial charge in [0.05, 0.1) is 12.6 Å². The van der Waals surface area contributed by atoms with Crippen molar-refractivity contribution in [3.63, 3.8) is 0 Å². The third-order valence-electron chi connectivity index (χ3n) is 5.00. The maximum Gasteiger partial charge on any atom is 0.165 e. The van der Waals surface area contributed by atoms with Crippen molar-refractivity contribution in [3.05, 3.63) is 94.0 Å². The first-order valence-electron chi connectivity index (χ1n) is 10.4. The molecule has 0 aromatic heterocycles. The van der Waals surface area contributed by atoms with E-state index in [1.54, 1.807) is 0 Å². The number of hydrogen-bond acceptors (Lipinski definition) is 3. The molecule has 156 valence electrons. The summed E-state index contributed by atoms with van der Waals surface area (Å²) in [6.45, 7) is 4.90. The van der Waals surface area contributed by atoms with Gasteiger partial charge in [-0.3, -0.25) is 4.79 Å². The van der Waals surface area contributed by atoms with Crippen LogP contribution < -0.4 is 10.1 Å². The first-order valence-corrected chi connectivity index (χ1v) is 11.2. The number of rotatable bonds is 10.